The first kappa shape index (κ1) is 25.0. The van der Waals surface area contributed by atoms with Crippen LogP contribution in [0.2, 0.25) is 0 Å². The molecule has 0 radical (unpaired) electrons. The highest BCUT2D eigenvalue weighted by atomic mass is 16.5. The first-order chi connectivity index (χ1) is 14.0. The molecule has 1 atom stereocenters. The quantitative estimate of drug-likeness (QED) is 0.573. The second kappa shape index (κ2) is 8.37. The molecule has 0 fully saturated rings. The van der Waals surface area contributed by atoms with Crippen LogP contribution in [0.4, 0.5) is 0 Å². The van der Waals surface area contributed by atoms with Gasteiger partial charge in [-0.25, -0.2) is 0 Å². The number of carboxylic acids is 1. The number of aliphatic carboxylic acids is 1. The third-order valence-electron chi connectivity index (χ3n) is 6.09. The number of hydrogen-bond acceptors (Lipinski definition) is 3. The van der Waals surface area contributed by atoms with Crippen molar-refractivity contribution < 1.29 is 19.4 Å². The summed E-state index contributed by atoms with van der Waals surface area (Å²) >= 11 is 0. The van der Waals surface area contributed by atoms with E-state index in [0.29, 0.717) is 6.42 Å². The zero-order chi connectivity index (χ0) is 23.9. The van der Waals surface area contributed by atoms with Crippen molar-refractivity contribution in [1.29, 1.82) is 0 Å². The van der Waals surface area contributed by atoms with E-state index >= 15 is 0 Å². The van der Waals surface area contributed by atoms with E-state index in [4.69, 9.17) is 9.47 Å². The van der Waals surface area contributed by atoms with E-state index in [1.807, 2.05) is 20.8 Å². The van der Waals surface area contributed by atoms with Crippen LogP contribution in [-0.2, 0) is 22.0 Å². The fourth-order valence-corrected chi connectivity index (χ4v) is 4.20. The lowest BCUT2D eigenvalue weighted by Gasteiger charge is -2.31. The van der Waals surface area contributed by atoms with Gasteiger partial charge >= 0.3 is 5.97 Å². The average Bonchev–Trinajstić information content (AvgIpc) is 2.61. The molecule has 0 bridgehead atoms. The number of rotatable bonds is 5. The number of benzene rings is 2. The number of hydrogen-bond donors (Lipinski definition) is 1. The second-order valence-corrected chi connectivity index (χ2v) is 11.7. The summed E-state index contributed by atoms with van der Waals surface area (Å²) in [6, 6.07) is 6.44. The minimum absolute atomic E-state index is 0.0868. The molecule has 2 rings (SSSR count). The lowest BCUT2D eigenvalue weighted by atomic mass is 9.74. The maximum atomic E-state index is 12.2. The van der Waals surface area contributed by atoms with E-state index < -0.39 is 17.3 Å². The molecule has 0 saturated heterocycles. The highest BCUT2D eigenvalue weighted by Gasteiger charge is 2.34. The van der Waals surface area contributed by atoms with Crippen LogP contribution in [0, 0.1) is 11.3 Å². The van der Waals surface area contributed by atoms with Crippen LogP contribution >= 0.6 is 0 Å². The van der Waals surface area contributed by atoms with Gasteiger partial charge in [0.15, 0.2) is 0 Å². The molecule has 31 heavy (non-hydrogen) atoms. The van der Waals surface area contributed by atoms with Crippen LogP contribution in [0.15, 0.2) is 18.2 Å². The van der Waals surface area contributed by atoms with Crippen molar-refractivity contribution in [2.24, 2.45) is 11.3 Å². The molecule has 0 saturated carbocycles. The van der Waals surface area contributed by atoms with Crippen molar-refractivity contribution in [1.82, 2.24) is 0 Å². The van der Waals surface area contributed by atoms with E-state index in [2.05, 4.69) is 59.7 Å². The number of carboxylic acid groups (broad SMARTS) is 1. The van der Waals surface area contributed by atoms with E-state index in [-0.39, 0.29) is 10.8 Å². The lowest BCUT2D eigenvalue weighted by Crippen LogP contribution is -2.30. The van der Waals surface area contributed by atoms with Crippen LogP contribution in [0.3, 0.4) is 0 Å². The first-order valence-electron chi connectivity index (χ1n) is 11.0. The van der Waals surface area contributed by atoms with Gasteiger partial charge in [-0.2, -0.15) is 0 Å². The SMILES string of the molecule is COc1cc2c(CC(C(=O)O)C(C)(C)C)c(OC)c(C(C)(C)C)cc2cc1C(C)(C)C. The normalized spacial score (nSPS) is 13.9. The molecular weight excluding hydrogens is 388 g/mol. The predicted molar refractivity (Wildman–Crippen MR) is 129 cm³/mol. The smallest absolute Gasteiger partial charge is 0.307 e. The minimum Gasteiger partial charge on any atom is -0.496 e. The van der Waals surface area contributed by atoms with E-state index in [9.17, 15) is 9.90 Å². The van der Waals surface area contributed by atoms with Gasteiger partial charge in [0, 0.05) is 16.7 Å². The summed E-state index contributed by atoms with van der Waals surface area (Å²) in [7, 11) is 3.36. The molecule has 0 aliphatic heterocycles. The highest BCUT2D eigenvalue weighted by molar-refractivity contribution is 5.92. The Bertz CT molecular complexity index is 961. The summed E-state index contributed by atoms with van der Waals surface area (Å²) in [4.78, 5) is 12.2. The molecule has 1 unspecified atom stereocenters. The molecule has 4 nitrogen and oxygen atoms in total. The summed E-state index contributed by atoms with van der Waals surface area (Å²) in [6.45, 7) is 18.9. The Morgan fingerprint density at radius 2 is 1.39 bits per heavy atom. The Morgan fingerprint density at radius 3 is 1.77 bits per heavy atom. The molecule has 172 valence electrons. The summed E-state index contributed by atoms with van der Waals surface area (Å²) in [5, 5.41) is 12.1. The predicted octanol–water partition coefficient (Wildman–Crippen LogP) is 6.74. The largest absolute Gasteiger partial charge is 0.496 e. The molecule has 0 aliphatic carbocycles. The fourth-order valence-electron chi connectivity index (χ4n) is 4.20. The fraction of sp³-hybridized carbons (Fsp3) is 0.593. The standard InChI is InChI=1S/C27H40O4/c1-25(2,3)19-12-16-13-20(26(4,5)6)23(31-11)18(17(16)15-22(19)30-10)14-21(24(28)29)27(7,8)9/h12-13,15,21H,14H2,1-11H3,(H,28,29). The van der Waals surface area contributed by atoms with Gasteiger partial charge in [-0.1, -0.05) is 62.3 Å². The van der Waals surface area contributed by atoms with Gasteiger partial charge in [-0.15, -0.1) is 0 Å². The van der Waals surface area contributed by atoms with Crippen LogP contribution < -0.4 is 9.47 Å². The van der Waals surface area contributed by atoms with E-state index in [1.165, 1.54) is 0 Å². The molecule has 2 aromatic rings. The van der Waals surface area contributed by atoms with E-state index in [0.717, 1.165) is 39.0 Å². The van der Waals surface area contributed by atoms with Crippen LogP contribution in [-0.4, -0.2) is 25.3 Å². The van der Waals surface area contributed by atoms with Gasteiger partial charge < -0.3 is 14.6 Å². The first-order valence-corrected chi connectivity index (χ1v) is 11.0. The van der Waals surface area contributed by atoms with Gasteiger partial charge in [0.05, 0.1) is 20.1 Å². The maximum absolute atomic E-state index is 12.2. The van der Waals surface area contributed by atoms with Gasteiger partial charge in [0.1, 0.15) is 11.5 Å². The van der Waals surface area contributed by atoms with Crippen molar-refractivity contribution in [3.05, 3.63) is 34.9 Å². The van der Waals surface area contributed by atoms with Crippen molar-refractivity contribution in [3.8, 4) is 11.5 Å². The molecule has 0 amide bonds. The highest BCUT2D eigenvalue weighted by Crippen LogP contribution is 2.45. The van der Waals surface area contributed by atoms with E-state index in [1.54, 1.807) is 14.2 Å². The number of carbonyl (C=O) groups is 1. The second-order valence-electron chi connectivity index (χ2n) is 11.7. The summed E-state index contributed by atoms with van der Waals surface area (Å²) in [5.41, 5.74) is 2.51. The summed E-state index contributed by atoms with van der Waals surface area (Å²) in [6.07, 6.45) is 0.389. The van der Waals surface area contributed by atoms with Crippen molar-refractivity contribution >= 4 is 16.7 Å². The van der Waals surface area contributed by atoms with Crippen molar-refractivity contribution in [2.45, 2.75) is 79.6 Å². The van der Waals surface area contributed by atoms with Gasteiger partial charge in [0.25, 0.3) is 0 Å². The summed E-state index contributed by atoms with van der Waals surface area (Å²) in [5.74, 6) is 0.255. The molecule has 2 aromatic carbocycles. The van der Waals surface area contributed by atoms with Crippen molar-refractivity contribution in [2.75, 3.05) is 14.2 Å². The Hall–Kier alpha value is -2.23. The van der Waals surface area contributed by atoms with Gasteiger partial charge in [-0.3, -0.25) is 4.79 Å². The maximum Gasteiger partial charge on any atom is 0.307 e. The Labute approximate surface area is 187 Å². The van der Waals surface area contributed by atoms with Gasteiger partial charge in [-0.05, 0) is 51.6 Å². The van der Waals surface area contributed by atoms with Gasteiger partial charge in [0.2, 0.25) is 0 Å². The Balaban J connectivity index is 2.99. The molecule has 0 aromatic heterocycles. The Morgan fingerprint density at radius 1 is 0.871 bits per heavy atom. The molecule has 4 heteroatoms. The van der Waals surface area contributed by atoms with Crippen LogP contribution in [0.1, 0.15) is 79.0 Å². The average molecular weight is 429 g/mol. The van der Waals surface area contributed by atoms with Crippen molar-refractivity contribution in [3.63, 3.8) is 0 Å². The monoisotopic (exact) mass is 428 g/mol. The minimum atomic E-state index is -0.790. The number of fused-ring (bicyclic) bond motifs is 1. The molecule has 0 spiro atoms. The third-order valence-corrected chi connectivity index (χ3v) is 6.09. The van der Waals surface area contributed by atoms with Crippen LogP contribution in [0.5, 0.6) is 11.5 Å². The zero-order valence-electron chi connectivity index (χ0n) is 21.2. The molecule has 1 N–H and O–H groups in total. The molecule has 0 heterocycles. The lowest BCUT2D eigenvalue weighted by molar-refractivity contribution is -0.145. The summed E-state index contributed by atoms with van der Waals surface area (Å²) < 4.78 is 11.7. The molecule has 0 aliphatic rings. The number of methoxy groups -OCH3 is 2. The Kier molecular flexibility index (Phi) is 6.76. The third kappa shape index (κ3) is 5.16. The zero-order valence-corrected chi connectivity index (χ0v) is 21.2. The molecular formula is C27H40O4. The topological polar surface area (TPSA) is 55.8 Å². The number of ether oxygens (including phenoxy) is 2. The van der Waals surface area contributed by atoms with Crippen LogP contribution in [0.25, 0.3) is 10.8 Å².